The number of likely N-dealkylation sites (tertiary alicyclic amines) is 1. The van der Waals surface area contributed by atoms with Crippen LogP contribution in [0, 0.1) is 11.8 Å². The number of benzene rings is 1. The largest absolute Gasteiger partial charge is 0.395 e. The van der Waals surface area contributed by atoms with Crippen molar-refractivity contribution in [3.8, 4) is 5.69 Å². The Morgan fingerprint density at radius 1 is 1.22 bits per heavy atom. The molecule has 10 nitrogen and oxygen atoms in total. The van der Waals surface area contributed by atoms with Crippen molar-refractivity contribution < 1.29 is 9.90 Å². The van der Waals surface area contributed by atoms with E-state index < -0.39 is 5.69 Å². The molecular weight excluding hydrogens is 410 g/mol. The van der Waals surface area contributed by atoms with E-state index in [9.17, 15) is 14.7 Å². The van der Waals surface area contributed by atoms with Gasteiger partial charge in [-0.15, -0.1) is 0 Å². The standard InChI is InChI=1S/C22H29N7O3/c23-20-16-12-28(17(13-30)19(16)20)11-14-1-3-15(4-2-14)29-8-5-18(26-22(29)32)25-21(31)27-9-6-24-7-10-27/h1-5,8,16-17,19-20,24,30H,6-7,9-13,23H2,(H,25,26,31,32)/t16-,17+,19-,20+/m0/s1. The fraction of sp³-hybridized carbons (Fsp3) is 0.500. The number of anilines is 1. The van der Waals surface area contributed by atoms with E-state index in [2.05, 4.69) is 20.5 Å². The van der Waals surface area contributed by atoms with Crippen LogP contribution in [0.3, 0.4) is 0 Å². The molecule has 2 aromatic rings. The lowest BCUT2D eigenvalue weighted by Crippen LogP contribution is -2.48. The smallest absolute Gasteiger partial charge is 0.354 e. The number of hydrogen-bond acceptors (Lipinski definition) is 7. The zero-order valence-electron chi connectivity index (χ0n) is 17.9. The zero-order valence-corrected chi connectivity index (χ0v) is 17.9. The van der Waals surface area contributed by atoms with Gasteiger partial charge in [0.05, 0.1) is 12.3 Å². The highest BCUT2D eigenvalue weighted by Crippen LogP contribution is 2.48. The molecule has 170 valence electrons. The Hall–Kier alpha value is -2.79. The normalized spacial score (nSPS) is 27.2. The predicted molar refractivity (Wildman–Crippen MR) is 120 cm³/mol. The van der Waals surface area contributed by atoms with Crippen molar-refractivity contribution in [1.29, 1.82) is 0 Å². The summed E-state index contributed by atoms with van der Waals surface area (Å²) in [5.41, 5.74) is 7.43. The van der Waals surface area contributed by atoms with Gasteiger partial charge in [0.2, 0.25) is 0 Å². The van der Waals surface area contributed by atoms with E-state index >= 15 is 0 Å². The molecule has 3 fully saturated rings. The summed E-state index contributed by atoms with van der Waals surface area (Å²) in [4.78, 5) is 32.9. The van der Waals surface area contributed by atoms with Crippen LogP contribution in [-0.2, 0) is 6.54 Å². The molecule has 2 saturated heterocycles. The van der Waals surface area contributed by atoms with E-state index in [0.717, 1.165) is 31.7 Å². The molecule has 5 N–H and O–H groups in total. The molecule has 1 aromatic heterocycles. The lowest BCUT2D eigenvalue weighted by molar-refractivity contribution is 0.128. The summed E-state index contributed by atoms with van der Waals surface area (Å²) >= 11 is 0. The number of piperazine rings is 1. The van der Waals surface area contributed by atoms with Gasteiger partial charge in [0, 0.05) is 57.5 Å². The van der Waals surface area contributed by atoms with E-state index in [1.165, 1.54) is 4.57 Å². The molecule has 1 aliphatic carbocycles. The first-order valence-electron chi connectivity index (χ1n) is 11.1. The van der Waals surface area contributed by atoms with Gasteiger partial charge < -0.3 is 21.1 Å². The van der Waals surface area contributed by atoms with E-state index in [1.807, 2.05) is 24.3 Å². The number of carbonyl (C=O) groups is 1. The van der Waals surface area contributed by atoms with E-state index in [0.29, 0.717) is 30.6 Å². The molecule has 2 aliphatic heterocycles. The lowest BCUT2D eigenvalue weighted by atomic mass is 10.1. The SMILES string of the molecule is N[C@@H]1[C@H]2CN(Cc3ccc(-n4ccc(NC(=O)N5CCNCC5)nc4=O)cc3)[C@H](CO)[C@@H]12. The molecule has 5 rings (SSSR count). The highest BCUT2D eigenvalue weighted by molar-refractivity contribution is 5.88. The van der Waals surface area contributed by atoms with Crippen LogP contribution in [0.4, 0.5) is 10.6 Å². The van der Waals surface area contributed by atoms with Crippen molar-refractivity contribution in [2.24, 2.45) is 17.6 Å². The Labute approximate surface area is 186 Å². The highest BCUT2D eigenvalue weighted by Gasteiger charge is 2.58. The van der Waals surface area contributed by atoms with Gasteiger partial charge in [-0.25, -0.2) is 9.59 Å². The van der Waals surface area contributed by atoms with Gasteiger partial charge in [0.25, 0.3) is 0 Å². The molecule has 32 heavy (non-hydrogen) atoms. The fourth-order valence-corrected chi connectivity index (χ4v) is 5.00. The molecular formula is C22H29N7O3. The first-order chi connectivity index (χ1) is 15.5. The van der Waals surface area contributed by atoms with Crippen LogP contribution in [-0.4, -0.2) is 81.9 Å². The fourth-order valence-electron chi connectivity index (χ4n) is 5.00. The van der Waals surface area contributed by atoms with Gasteiger partial charge in [0.1, 0.15) is 5.82 Å². The molecule has 4 atom stereocenters. The van der Waals surface area contributed by atoms with Gasteiger partial charge in [-0.05, 0) is 35.6 Å². The predicted octanol–water partition coefficient (Wildman–Crippen LogP) is -0.581. The van der Waals surface area contributed by atoms with Gasteiger partial charge >= 0.3 is 11.7 Å². The average Bonchev–Trinajstić information content (AvgIpc) is 3.26. The number of amides is 2. The highest BCUT2D eigenvalue weighted by atomic mass is 16.3. The number of aliphatic hydroxyl groups excluding tert-OH is 1. The van der Waals surface area contributed by atoms with E-state index in [1.54, 1.807) is 17.2 Å². The molecule has 3 aliphatic rings. The maximum atomic E-state index is 12.5. The third-order valence-corrected chi connectivity index (χ3v) is 6.88. The number of fused-ring (bicyclic) bond motifs is 1. The molecule has 1 saturated carbocycles. The first-order valence-corrected chi connectivity index (χ1v) is 11.1. The summed E-state index contributed by atoms with van der Waals surface area (Å²) in [6.45, 7) is 4.56. The van der Waals surface area contributed by atoms with Crippen molar-refractivity contribution in [3.05, 3.63) is 52.6 Å². The number of nitrogens with two attached hydrogens (primary N) is 1. The number of nitrogens with one attached hydrogen (secondary N) is 2. The molecule has 10 heteroatoms. The van der Waals surface area contributed by atoms with Crippen LogP contribution in [0.1, 0.15) is 5.56 Å². The number of aliphatic hydroxyl groups is 1. The van der Waals surface area contributed by atoms with Crippen LogP contribution >= 0.6 is 0 Å². The summed E-state index contributed by atoms with van der Waals surface area (Å²) < 4.78 is 1.45. The number of rotatable bonds is 5. The van der Waals surface area contributed by atoms with Crippen molar-refractivity contribution in [1.82, 2.24) is 24.7 Å². The Morgan fingerprint density at radius 2 is 1.97 bits per heavy atom. The van der Waals surface area contributed by atoms with Crippen LogP contribution < -0.4 is 22.1 Å². The summed E-state index contributed by atoms with van der Waals surface area (Å²) in [6.07, 6.45) is 1.62. The van der Waals surface area contributed by atoms with E-state index in [4.69, 9.17) is 5.73 Å². The second-order valence-electron chi connectivity index (χ2n) is 8.80. The second kappa shape index (κ2) is 8.62. The molecule has 2 amide bonds. The minimum Gasteiger partial charge on any atom is -0.395 e. The number of carbonyl (C=O) groups excluding carboxylic acids is 1. The molecule has 0 bridgehead atoms. The summed E-state index contributed by atoms with van der Waals surface area (Å²) in [6, 6.07) is 9.48. The Morgan fingerprint density at radius 3 is 2.66 bits per heavy atom. The Bertz CT molecular complexity index is 1030. The first kappa shape index (κ1) is 21.1. The molecule has 0 unspecified atom stereocenters. The maximum Gasteiger partial charge on any atom is 0.354 e. The minimum atomic E-state index is -0.454. The average molecular weight is 440 g/mol. The number of urea groups is 1. The Balaban J connectivity index is 1.23. The summed E-state index contributed by atoms with van der Waals surface area (Å²) in [5, 5.41) is 15.6. The molecule has 3 heterocycles. The van der Waals surface area contributed by atoms with Crippen LogP contribution in [0.5, 0.6) is 0 Å². The number of nitrogens with zero attached hydrogens (tertiary/aromatic N) is 4. The summed E-state index contributed by atoms with van der Waals surface area (Å²) in [5.74, 6) is 1.16. The van der Waals surface area contributed by atoms with Crippen LogP contribution in [0.25, 0.3) is 5.69 Å². The Kier molecular flexibility index (Phi) is 5.68. The monoisotopic (exact) mass is 439 g/mol. The third kappa shape index (κ3) is 4.02. The van der Waals surface area contributed by atoms with E-state index in [-0.39, 0.29) is 30.5 Å². The van der Waals surface area contributed by atoms with Crippen molar-refractivity contribution in [2.75, 3.05) is 44.6 Å². The van der Waals surface area contributed by atoms with Gasteiger partial charge in [-0.2, -0.15) is 4.98 Å². The number of piperidine rings is 1. The zero-order chi connectivity index (χ0) is 22.2. The van der Waals surface area contributed by atoms with Gasteiger partial charge in [-0.1, -0.05) is 12.1 Å². The minimum absolute atomic E-state index is 0.130. The number of aromatic nitrogens is 2. The molecule has 0 spiro atoms. The van der Waals surface area contributed by atoms with Crippen LogP contribution in [0.2, 0.25) is 0 Å². The lowest BCUT2D eigenvalue weighted by Gasteiger charge is -2.27. The van der Waals surface area contributed by atoms with Crippen LogP contribution in [0.15, 0.2) is 41.3 Å². The maximum absolute atomic E-state index is 12.5. The third-order valence-electron chi connectivity index (χ3n) is 6.88. The van der Waals surface area contributed by atoms with Crippen molar-refractivity contribution in [2.45, 2.75) is 18.6 Å². The molecule has 0 radical (unpaired) electrons. The van der Waals surface area contributed by atoms with Gasteiger partial charge in [-0.3, -0.25) is 14.8 Å². The van der Waals surface area contributed by atoms with Crippen molar-refractivity contribution in [3.63, 3.8) is 0 Å². The topological polar surface area (TPSA) is 129 Å². The molecule has 1 aromatic carbocycles. The summed E-state index contributed by atoms with van der Waals surface area (Å²) in [7, 11) is 0. The van der Waals surface area contributed by atoms with Crippen molar-refractivity contribution >= 4 is 11.8 Å². The van der Waals surface area contributed by atoms with Gasteiger partial charge in [0.15, 0.2) is 0 Å². The second-order valence-corrected chi connectivity index (χ2v) is 8.80. The number of hydrogen-bond donors (Lipinski definition) is 4. The quantitative estimate of drug-likeness (QED) is 0.491.